The lowest BCUT2D eigenvalue weighted by molar-refractivity contribution is 0.338. The lowest BCUT2D eigenvalue weighted by Crippen LogP contribution is -2.35. The Morgan fingerprint density at radius 1 is 1.31 bits per heavy atom. The van der Waals surface area contributed by atoms with Crippen LogP contribution in [0.2, 0.25) is 0 Å². The molecule has 16 heavy (non-hydrogen) atoms. The van der Waals surface area contributed by atoms with Gasteiger partial charge in [-0.25, -0.2) is 9.97 Å². The Hall–Kier alpha value is -1.68. The number of H-pyrrole nitrogens is 1. The van der Waals surface area contributed by atoms with Gasteiger partial charge in [-0.3, -0.25) is 0 Å². The molecule has 2 heterocycles. The summed E-state index contributed by atoms with van der Waals surface area (Å²) in [7, 11) is 0. The Morgan fingerprint density at radius 2 is 2.19 bits per heavy atom. The molecule has 0 spiro atoms. The van der Waals surface area contributed by atoms with E-state index in [2.05, 4.69) is 15.0 Å². The van der Waals surface area contributed by atoms with Crippen LogP contribution in [0.3, 0.4) is 0 Å². The Balaban J connectivity index is 1.89. The smallest absolute Gasteiger partial charge is 0.132 e. The monoisotopic (exact) mass is 214 g/mol. The van der Waals surface area contributed by atoms with Crippen LogP contribution in [0.15, 0.2) is 30.6 Å². The maximum atomic E-state index is 5.78. The highest BCUT2D eigenvalue weighted by atomic mass is 14.9. The van der Waals surface area contributed by atoms with Gasteiger partial charge in [0.2, 0.25) is 0 Å². The summed E-state index contributed by atoms with van der Waals surface area (Å²) in [5, 5.41) is 0. The van der Waals surface area contributed by atoms with Crippen molar-refractivity contribution in [2.24, 2.45) is 5.73 Å². The van der Waals surface area contributed by atoms with E-state index in [1.54, 1.807) is 0 Å². The normalized spacial score (nSPS) is 24.1. The van der Waals surface area contributed by atoms with Gasteiger partial charge in [-0.2, -0.15) is 0 Å². The van der Waals surface area contributed by atoms with Crippen molar-refractivity contribution < 1.29 is 0 Å². The van der Waals surface area contributed by atoms with Crippen molar-refractivity contribution in [3.63, 3.8) is 0 Å². The molecule has 0 unspecified atom stereocenters. The first-order valence-electron chi connectivity index (χ1n) is 5.55. The zero-order chi connectivity index (χ0) is 11.0. The van der Waals surface area contributed by atoms with Crippen LogP contribution >= 0.6 is 0 Å². The number of aromatic nitrogens is 3. The predicted octanol–water partition coefficient (Wildman–Crippen LogP) is 1.68. The van der Waals surface area contributed by atoms with Crippen LogP contribution in [-0.4, -0.2) is 21.0 Å². The molecule has 0 aliphatic heterocycles. The van der Waals surface area contributed by atoms with Gasteiger partial charge in [0.05, 0.1) is 11.4 Å². The second-order valence-corrected chi connectivity index (χ2v) is 4.31. The van der Waals surface area contributed by atoms with Crippen molar-refractivity contribution in [2.45, 2.75) is 24.8 Å². The number of nitrogens with one attached hydrogen (secondary N) is 1. The zero-order valence-electron chi connectivity index (χ0n) is 8.93. The number of hydrogen-bond acceptors (Lipinski definition) is 3. The molecule has 0 aromatic carbocycles. The van der Waals surface area contributed by atoms with E-state index in [1.807, 2.05) is 30.6 Å². The summed E-state index contributed by atoms with van der Waals surface area (Å²) in [6, 6.07) is 6.24. The maximum absolute atomic E-state index is 5.78. The van der Waals surface area contributed by atoms with Crippen LogP contribution in [0.4, 0.5) is 0 Å². The average molecular weight is 214 g/mol. The van der Waals surface area contributed by atoms with Crippen molar-refractivity contribution >= 4 is 0 Å². The molecule has 3 N–H and O–H groups in total. The summed E-state index contributed by atoms with van der Waals surface area (Å²) in [4.78, 5) is 12.0. The first kappa shape index (κ1) is 9.54. The lowest BCUT2D eigenvalue weighted by atomic mass is 9.80. The van der Waals surface area contributed by atoms with Gasteiger partial charge in [-0.15, -0.1) is 0 Å². The van der Waals surface area contributed by atoms with Crippen molar-refractivity contribution in [1.29, 1.82) is 0 Å². The summed E-state index contributed by atoms with van der Waals surface area (Å²) >= 11 is 0. The number of hydrogen-bond donors (Lipinski definition) is 2. The number of aromatic amines is 1. The molecule has 0 saturated heterocycles. The van der Waals surface area contributed by atoms with Crippen LogP contribution in [0, 0.1) is 0 Å². The van der Waals surface area contributed by atoms with Crippen molar-refractivity contribution in [3.8, 4) is 11.4 Å². The lowest BCUT2D eigenvalue weighted by Gasteiger charge is -2.31. The average Bonchev–Trinajstić information content (AvgIpc) is 2.78. The summed E-state index contributed by atoms with van der Waals surface area (Å²) in [6.07, 6.45) is 5.74. The minimum atomic E-state index is 0.336. The highest BCUT2D eigenvalue weighted by Gasteiger charge is 2.29. The van der Waals surface area contributed by atoms with Crippen molar-refractivity contribution in [3.05, 3.63) is 36.4 Å². The van der Waals surface area contributed by atoms with Gasteiger partial charge in [0, 0.05) is 24.4 Å². The molecule has 82 valence electrons. The SMILES string of the molecule is NC1CC(c2nccc(-c3ccc[nH]3)n2)C1. The van der Waals surface area contributed by atoms with Gasteiger partial charge < -0.3 is 10.7 Å². The molecule has 1 fully saturated rings. The van der Waals surface area contributed by atoms with E-state index in [0.29, 0.717) is 12.0 Å². The van der Waals surface area contributed by atoms with E-state index in [4.69, 9.17) is 5.73 Å². The minimum absolute atomic E-state index is 0.336. The molecular formula is C12H14N4. The highest BCUT2D eigenvalue weighted by molar-refractivity contribution is 5.53. The van der Waals surface area contributed by atoms with E-state index < -0.39 is 0 Å². The van der Waals surface area contributed by atoms with Crippen LogP contribution in [0.1, 0.15) is 24.6 Å². The first-order chi connectivity index (χ1) is 7.83. The standard InChI is InChI=1S/C12H14N4/c13-9-6-8(7-9)12-15-5-3-11(16-12)10-2-1-4-14-10/h1-5,8-9,14H,6-7,13H2. The Kier molecular flexibility index (Phi) is 2.22. The molecule has 3 rings (SSSR count). The number of nitrogens with two attached hydrogens (primary N) is 1. The van der Waals surface area contributed by atoms with Gasteiger partial charge >= 0.3 is 0 Å². The largest absolute Gasteiger partial charge is 0.360 e. The van der Waals surface area contributed by atoms with Gasteiger partial charge in [-0.1, -0.05) is 0 Å². The van der Waals surface area contributed by atoms with Crippen LogP contribution < -0.4 is 5.73 Å². The number of nitrogens with zero attached hydrogens (tertiary/aromatic N) is 2. The third-order valence-electron chi connectivity index (χ3n) is 3.09. The van der Waals surface area contributed by atoms with E-state index in [1.165, 1.54) is 0 Å². The molecule has 2 aromatic rings. The zero-order valence-corrected chi connectivity index (χ0v) is 8.93. The molecule has 2 aromatic heterocycles. The molecule has 4 nitrogen and oxygen atoms in total. The van der Waals surface area contributed by atoms with E-state index in [0.717, 1.165) is 30.1 Å². The van der Waals surface area contributed by atoms with Crippen LogP contribution in [-0.2, 0) is 0 Å². The molecule has 0 amide bonds. The molecule has 0 radical (unpaired) electrons. The topological polar surface area (TPSA) is 67.6 Å². The summed E-state index contributed by atoms with van der Waals surface area (Å²) in [6.45, 7) is 0. The molecule has 1 saturated carbocycles. The molecule has 4 heteroatoms. The molecule has 0 bridgehead atoms. The van der Waals surface area contributed by atoms with Crippen LogP contribution in [0.5, 0.6) is 0 Å². The quantitative estimate of drug-likeness (QED) is 0.799. The molecular weight excluding hydrogens is 200 g/mol. The first-order valence-corrected chi connectivity index (χ1v) is 5.55. The predicted molar refractivity (Wildman–Crippen MR) is 61.8 cm³/mol. The second-order valence-electron chi connectivity index (χ2n) is 4.31. The van der Waals surface area contributed by atoms with Gasteiger partial charge in [0.25, 0.3) is 0 Å². The summed E-state index contributed by atoms with van der Waals surface area (Å²) in [5.41, 5.74) is 7.77. The molecule has 1 aliphatic carbocycles. The molecule has 0 atom stereocenters. The van der Waals surface area contributed by atoms with Gasteiger partial charge in [0.15, 0.2) is 0 Å². The van der Waals surface area contributed by atoms with Gasteiger partial charge in [0.1, 0.15) is 5.82 Å². The summed E-state index contributed by atoms with van der Waals surface area (Å²) in [5.74, 6) is 1.37. The minimum Gasteiger partial charge on any atom is -0.360 e. The van der Waals surface area contributed by atoms with Crippen molar-refractivity contribution in [1.82, 2.24) is 15.0 Å². The third-order valence-corrected chi connectivity index (χ3v) is 3.09. The fourth-order valence-electron chi connectivity index (χ4n) is 2.08. The maximum Gasteiger partial charge on any atom is 0.132 e. The van der Waals surface area contributed by atoms with E-state index in [-0.39, 0.29) is 0 Å². The fourth-order valence-corrected chi connectivity index (χ4v) is 2.08. The highest BCUT2D eigenvalue weighted by Crippen LogP contribution is 2.33. The van der Waals surface area contributed by atoms with E-state index >= 15 is 0 Å². The van der Waals surface area contributed by atoms with Gasteiger partial charge in [-0.05, 0) is 31.0 Å². The Bertz CT molecular complexity index is 472. The van der Waals surface area contributed by atoms with Crippen LogP contribution in [0.25, 0.3) is 11.4 Å². The second kappa shape index (κ2) is 3.72. The third kappa shape index (κ3) is 1.61. The number of rotatable bonds is 2. The van der Waals surface area contributed by atoms with Crippen molar-refractivity contribution in [2.75, 3.05) is 0 Å². The molecule has 1 aliphatic rings. The Labute approximate surface area is 93.9 Å². The Morgan fingerprint density at radius 3 is 2.88 bits per heavy atom. The fraction of sp³-hybridized carbons (Fsp3) is 0.333. The summed E-state index contributed by atoms with van der Waals surface area (Å²) < 4.78 is 0. The van der Waals surface area contributed by atoms with E-state index in [9.17, 15) is 0 Å².